The Balaban J connectivity index is 2.28. The quantitative estimate of drug-likeness (QED) is 0.883. The number of rotatable bonds is 5. The molecule has 105 valence electrons. The van der Waals surface area contributed by atoms with Crippen molar-refractivity contribution in [3.63, 3.8) is 0 Å². The molecule has 0 spiro atoms. The highest BCUT2D eigenvalue weighted by atomic mass is 16.5. The van der Waals surface area contributed by atoms with E-state index in [4.69, 9.17) is 4.74 Å². The van der Waals surface area contributed by atoms with Crippen LogP contribution in [0.1, 0.15) is 5.56 Å². The lowest BCUT2D eigenvalue weighted by Crippen LogP contribution is -2.30. The van der Waals surface area contributed by atoms with Crippen LogP contribution < -0.4 is 5.56 Å². The van der Waals surface area contributed by atoms with Gasteiger partial charge in [-0.3, -0.25) is 4.79 Å². The van der Waals surface area contributed by atoms with Crippen LogP contribution in [-0.2, 0) is 11.3 Å². The molecule has 0 aliphatic heterocycles. The second-order valence-corrected chi connectivity index (χ2v) is 4.61. The van der Waals surface area contributed by atoms with Crippen LogP contribution in [0.3, 0.4) is 0 Å². The SMILES string of the molecule is COC[C@H](O)Cn1nc(-c2c[c]c(C)cc2)ccc1=O. The second-order valence-electron chi connectivity index (χ2n) is 4.61. The van der Waals surface area contributed by atoms with Gasteiger partial charge < -0.3 is 9.84 Å². The summed E-state index contributed by atoms with van der Waals surface area (Å²) in [5.74, 6) is 0. The molecule has 1 aromatic carbocycles. The number of benzene rings is 1. The van der Waals surface area contributed by atoms with Gasteiger partial charge in [0.05, 0.1) is 24.9 Å². The standard InChI is InChI=1S/C15H17N2O3/c1-11-3-5-12(6-4-11)14-7-8-15(19)17(16-14)9-13(18)10-20-2/h3,5-8,13,18H,9-10H2,1-2H3/t13-/m1/s1. The highest BCUT2D eigenvalue weighted by Crippen LogP contribution is 2.15. The second kappa shape index (κ2) is 6.45. The Kier molecular flexibility index (Phi) is 4.65. The van der Waals surface area contributed by atoms with E-state index in [9.17, 15) is 9.90 Å². The lowest BCUT2D eigenvalue weighted by atomic mass is 10.1. The van der Waals surface area contributed by atoms with Crippen molar-refractivity contribution in [1.29, 1.82) is 0 Å². The number of aliphatic hydroxyl groups excluding tert-OH is 1. The number of nitrogens with zero attached hydrogens (tertiary/aromatic N) is 2. The van der Waals surface area contributed by atoms with E-state index in [0.717, 1.165) is 11.1 Å². The molecule has 0 aliphatic carbocycles. The normalized spacial score (nSPS) is 12.3. The number of hydrogen-bond donors (Lipinski definition) is 1. The maximum atomic E-state index is 11.7. The number of aromatic nitrogens is 2. The lowest BCUT2D eigenvalue weighted by Gasteiger charge is -2.11. The van der Waals surface area contributed by atoms with Gasteiger partial charge >= 0.3 is 0 Å². The highest BCUT2D eigenvalue weighted by Gasteiger charge is 2.08. The Labute approximate surface area is 117 Å². The molecular weight excluding hydrogens is 256 g/mol. The summed E-state index contributed by atoms with van der Waals surface area (Å²) in [6, 6.07) is 11.9. The van der Waals surface area contributed by atoms with Crippen molar-refractivity contribution in [3.8, 4) is 11.3 Å². The van der Waals surface area contributed by atoms with Crippen molar-refractivity contribution in [2.75, 3.05) is 13.7 Å². The van der Waals surface area contributed by atoms with Crippen molar-refractivity contribution in [2.24, 2.45) is 0 Å². The van der Waals surface area contributed by atoms with Crippen LogP contribution in [0.4, 0.5) is 0 Å². The van der Waals surface area contributed by atoms with Gasteiger partial charge in [0.1, 0.15) is 0 Å². The molecule has 20 heavy (non-hydrogen) atoms. The predicted molar refractivity (Wildman–Crippen MR) is 75.4 cm³/mol. The zero-order valence-electron chi connectivity index (χ0n) is 11.5. The lowest BCUT2D eigenvalue weighted by molar-refractivity contribution is 0.0505. The summed E-state index contributed by atoms with van der Waals surface area (Å²) in [6.07, 6.45) is -0.759. The third kappa shape index (κ3) is 3.53. The van der Waals surface area contributed by atoms with Crippen LogP contribution in [0.25, 0.3) is 11.3 Å². The molecule has 1 aromatic heterocycles. The van der Waals surface area contributed by atoms with Gasteiger partial charge in [-0.05, 0) is 30.7 Å². The zero-order valence-corrected chi connectivity index (χ0v) is 11.5. The van der Waals surface area contributed by atoms with Crippen LogP contribution in [0.15, 0.2) is 35.1 Å². The summed E-state index contributed by atoms with van der Waals surface area (Å²) < 4.78 is 6.09. The molecular formula is C15H17N2O3. The molecule has 0 saturated heterocycles. The van der Waals surface area contributed by atoms with Crippen molar-refractivity contribution in [1.82, 2.24) is 9.78 Å². The van der Waals surface area contributed by atoms with E-state index in [1.54, 1.807) is 6.07 Å². The molecule has 1 atom stereocenters. The van der Waals surface area contributed by atoms with Gasteiger partial charge in [0.25, 0.3) is 5.56 Å². The first-order valence-electron chi connectivity index (χ1n) is 6.34. The predicted octanol–water partition coefficient (Wildman–Crippen LogP) is 1.03. The molecule has 1 heterocycles. The number of methoxy groups -OCH3 is 1. The van der Waals surface area contributed by atoms with E-state index in [1.807, 2.05) is 25.1 Å². The monoisotopic (exact) mass is 273 g/mol. The molecule has 5 nitrogen and oxygen atoms in total. The molecule has 5 heteroatoms. The van der Waals surface area contributed by atoms with Crippen molar-refractivity contribution in [3.05, 3.63) is 52.3 Å². The number of aryl methyl sites for hydroxylation is 1. The Morgan fingerprint density at radius 2 is 2.20 bits per heavy atom. The van der Waals surface area contributed by atoms with E-state index in [1.165, 1.54) is 17.9 Å². The van der Waals surface area contributed by atoms with Gasteiger partial charge in [-0.25, -0.2) is 4.68 Å². The third-order valence-corrected chi connectivity index (χ3v) is 2.87. The van der Waals surface area contributed by atoms with E-state index in [-0.39, 0.29) is 18.7 Å². The Morgan fingerprint density at radius 1 is 1.40 bits per heavy atom. The number of aliphatic hydroxyl groups is 1. The molecule has 0 bridgehead atoms. The molecule has 1 radical (unpaired) electrons. The summed E-state index contributed by atoms with van der Waals surface area (Å²) in [6.45, 7) is 2.23. The fourth-order valence-corrected chi connectivity index (χ4v) is 1.84. The molecule has 0 amide bonds. The average Bonchev–Trinajstić information content (AvgIpc) is 2.42. The zero-order chi connectivity index (χ0) is 14.5. The molecule has 0 unspecified atom stereocenters. The van der Waals surface area contributed by atoms with E-state index in [2.05, 4.69) is 11.2 Å². The third-order valence-electron chi connectivity index (χ3n) is 2.87. The summed E-state index contributed by atoms with van der Waals surface area (Å²) in [7, 11) is 1.50. The smallest absolute Gasteiger partial charge is 0.266 e. The first-order chi connectivity index (χ1) is 9.60. The van der Waals surface area contributed by atoms with Crippen molar-refractivity contribution < 1.29 is 9.84 Å². The number of ether oxygens (including phenoxy) is 1. The Hall–Kier alpha value is -1.98. The van der Waals surface area contributed by atoms with Gasteiger partial charge in [0.15, 0.2) is 0 Å². The minimum absolute atomic E-state index is 0.107. The first kappa shape index (κ1) is 14.4. The summed E-state index contributed by atoms with van der Waals surface area (Å²) in [5.41, 5.74) is 2.34. The Morgan fingerprint density at radius 3 is 2.85 bits per heavy atom. The summed E-state index contributed by atoms with van der Waals surface area (Å²) in [5, 5.41) is 14.0. The van der Waals surface area contributed by atoms with Crippen LogP contribution in [0.2, 0.25) is 0 Å². The molecule has 0 fully saturated rings. The number of hydrogen-bond acceptors (Lipinski definition) is 4. The van der Waals surface area contributed by atoms with E-state index in [0.29, 0.717) is 5.69 Å². The average molecular weight is 273 g/mol. The molecule has 0 saturated carbocycles. The fourth-order valence-electron chi connectivity index (χ4n) is 1.84. The summed E-state index contributed by atoms with van der Waals surface area (Å²) in [4.78, 5) is 11.7. The maximum absolute atomic E-state index is 11.7. The van der Waals surface area contributed by atoms with Crippen molar-refractivity contribution >= 4 is 0 Å². The van der Waals surface area contributed by atoms with E-state index < -0.39 is 6.10 Å². The minimum Gasteiger partial charge on any atom is -0.389 e. The minimum atomic E-state index is -0.759. The van der Waals surface area contributed by atoms with Crippen LogP contribution in [0, 0.1) is 13.0 Å². The molecule has 0 aliphatic rings. The molecule has 2 rings (SSSR count). The van der Waals surface area contributed by atoms with Crippen LogP contribution >= 0.6 is 0 Å². The Bertz CT molecular complexity index is 620. The van der Waals surface area contributed by atoms with Crippen molar-refractivity contribution in [2.45, 2.75) is 19.6 Å². The first-order valence-corrected chi connectivity index (χ1v) is 6.34. The maximum Gasteiger partial charge on any atom is 0.266 e. The highest BCUT2D eigenvalue weighted by molar-refractivity contribution is 5.58. The van der Waals surface area contributed by atoms with Gasteiger partial charge in [-0.15, -0.1) is 0 Å². The molecule has 2 aromatic rings. The van der Waals surface area contributed by atoms with Crippen LogP contribution in [-0.4, -0.2) is 34.7 Å². The van der Waals surface area contributed by atoms with Gasteiger partial charge in [-0.2, -0.15) is 5.10 Å². The van der Waals surface area contributed by atoms with Gasteiger partial charge in [0.2, 0.25) is 0 Å². The topological polar surface area (TPSA) is 64.3 Å². The fraction of sp³-hybridized carbons (Fsp3) is 0.333. The van der Waals surface area contributed by atoms with Crippen LogP contribution in [0.5, 0.6) is 0 Å². The molecule has 1 N–H and O–H groups in total. The van der Waals surface area contributed by atoms with Gasteiger partial charge in [-0.1, -0.05) is 12.1 Å². The van der Waals surface area contributed by atoms with Gasteiger partial charge in [0, 0.05) is 18.7 Å². The van der Waals surface area contributed by atoms with E-state index >= 15 is 0 Å². The largest absolute Gasteiger partial charge is 0.389 e. The summed E-state index contributed by atoms with van der Waals surface area (Å²) >= 11 is 0.